The van der Waals surface area contributed by atoms with Crippen molar-refractivity contribution in [2.24, 2.45) is 5.16 Å². The summed E-state index contributed by atoms with van der Waals surface area (Å²) in [4.78, 5) is 21.1. The van der Waals surface area contributed by atoms with Gasteiger partial charge in [-0.3, -0.25) is 4.79 Å². The lowest BCUT2D eigenvalue weighted by Gasteiger charge is -2.08. The number of rotatable bonds is 8. The molecule has 5 nitrogen and oxygen atoms in total. The second-order valence-corrected chi connectivity index (χ2v) is 7.11. The molecule has 3 aromatic rings. The van der Waals surface area contributed by atoms with E-state index in [0.29, 0.717) is 22.0 Å². The number of ketones is 1. The summed E-state index contributed by atoms with van der Waals surface area (Å²) in [7, 11) is 0. The molecule has 0 spiro atoms. The first-order valence-corrected chi connectivity index (χ1v) is 9.69. The predicted molar refractivity (Wildman–Crippen MR) is 107 cm³/mol. The minimum Gasteiger partial charge on any atom is -0.485 e. The molecule has 0 fully saturated rings. The number of hydrogen-bond acceptors (Lipinski definition) is 6. The van der Waals surface area contributed by atoms with Gasteiger partial charge >= 0.3 is 6.18 Å². The van der Waals surface area contributed by atoms with Crippen LogP contribution in [0.1, 0.15) is 33.4 Å². The molecule has 0 aliphatic heterocycles. The molecule has 1 heterocycles. The van der Waals surface area contributed by atoms with Crippen molar-refractivity contribution in [3.05, 3.63) is 81.8 Å². The summed E-state index contributed by atoms with van der Waals surface area (Å²) in [6.45, 7) is 1.69. The molecule has 0 bridgehead atoms. The van der Waals surface area contributed by atoms with Crippen molar-refractivity contribution in [1.29, 1.82) is 0 Å². The summed E-state index contributed by atoms with van der Waals surface area (Å²) in [5.74, 6) is 0.339. The van der Waals surface area contributed by atoms with E-state index in [1.165, 1.54) is 23.5 Å². The maximum Gasteiger partial charge on any atom is 0.416 e. The molecule has 0 saturated heterocycles. The molecule has 0 atom stereocenters. The molecule has 0 amide bonds. The van der Waals surface area contributed by atoms with Gasteiger partial charge in [0.2, 0.25) is 5.78 Å². The zero-order valence-corrected chi connectivity index (χ0v) is 16.7. The van der Waals surface area contributed by atoms with Crippen LogP contribution in [0.4, 0.5) is 13.2 Å². The highest BCUT2D eigenvalue weighted by molar-refractivity contribution is 7.11. The van der Waals surface area contributed by atoms with Crippen LogP contribution in [-0.4, -0.2) is 23.1 Å². The molecule has 1 aromatic heterocycles. The number of alkyl halides is 3. The molecule has 0 unspecified atom stereocenters. The van der Waals surface area contributed by atoms with Crippen LogP contribution in [0.5, 0.6) is 5.75 Å². The van der Waals surface area contributed by atoms with Crippen molar-refractivity contribution in [2.75, 3.05) is 6.61 Å². The Kier molecular flexibility index (Phi) is 6.83. The van der Waals surface area contributed by atoms with Gasteiger partial charge in [-0.25, -0.2) is 4.98 Å². The molecule has 0 saturated carbocycles. The van der Waals surface area contributed by atoms with Gasteiger partial charge in [0.05, 0.1) is 11.3 Å². The van der Waals surface area contributed by atoms with E-state index in [1.54, 1.807) is 42.8 Å². The van der Waals surface area contributed by atoms with Crippen LogP contribution in [0.15, 0.2) is 65.3 Å². The van der Waals surface area contributed by atoms with Crippen molar-refractivity contribution in [3.63, 3.8) is 0 Å². The lowest BCUT2D eigenvalue weighted by Crippen LogP contribution is -2.11. The smallest absolute Gasteiger partial charge is 0.416 e. The number of Topliss-reactive ketones (excluding diaryl/α,β-unsaturated/α-hetero) is 1. The summed E-state index contributed by atoms with van der Waals surface area (Å²) in [6, 6.07) is 11.7. The minimum atomic E-state index is -4.36. The normalized spacial score (nSPS) is 11.9. The lowest BCUT2D eigenvalue weighted by molar-refractivity contribution is -0.137. The summed E-state index contributed by atoms with van der Waals surface area (Å²) in [6.07, 6.45) is -2.80. The number of carbonyl (C=O) groups excluding carboxylic acids is 1. The number of ether oxygens (including phenoxy) is 1. The standard InChI is InChI=1S/C21H17F3N2O3S/c1-14(26-29-12-15-2-6-17(7-3-15)21(22,23)24)16-4-8-18(9-5-16)28-13-19(27)20-25-10-11-30-20/h2-11H,12-13H2,1H3. The Morgan fingerprint density at radius 1 is 1.10 bits per heavy atom. The fraction of sp³-hybridized carbons (Fsp3) is 0.190. The zero-order chi connectivity index (χ0) is 21.6. The van der Waals surface area contributed by atoms with Crippen LogP contribution in [0, 0.1) is 0 Å². The third-order valence-electron chi connectivity index (χ3n) is 4.03. The maximum atomic E-state index is 12.6. The van der Waals surface area contributed by atoms with Crippen LogP contribution >= 0.6 is 11.3 Å². The quantitative estimate of drug-likeness (QED) is 0.272. The molecule has 2 aromatic carbocycles. The highest BCUT2D eigenvalue weighted by Crippen LogP contribution is 2.29. The van der Waals surface area contributed by atoms with E-state index in [4.69, 9.17) is 9.57 Å². The van der Waals surface area contributed by atoms with Crippen LogP contribution in [0.25, 0.3) is 0 Å². The zero-order valence-electron chi connectivity index (χ0n) is 15.8. The van der Waals surface area contributed by atoms with Crippen molar-refractivity contribution in [3.8, 4) is 5.75 Å². The second-order valence-electron chi connectivity index (χ2n) is 6.22. The van der Waals surface area contributed by atoms with Crippen LogP contribution < -0.4 is 4.74 Å². The van der Waals surface area contributed by atoms with Gasteiger partial charge in [0, 0.05) is 11.6 Å². The highest BCUT2D eigenvalue weighted by atomic mass is 32.1. The van der Waals surface area contributed by atoms with Crippen LogP contribution in [-0.2, 0) is 17.6 Å². The van der Waals surface area contributed by atoms with Crippen LogP contribution in [0.3, 0.4) is 0 Å². The first-order valence-electron chi connectivity index (χ1n) is 8.81. The monoisotopic (exact) mass is 434 g/mol. The maximum absolute atomic E-state index is 12.6. The summed E-state index contributed by atoms with van der Waals surface area (Å²) in [5.41, 5.74) is 1.24. The fourth-order valence-corrected chi connectivity index (χ4v) is 2.97. The minimum absolute atomic E-state index is 0.0511. The Labute approximate surface area is 174 Å². The Hall–Kier alpha value is -3.20. The first-order chi connectivity index (χ1) is 14.3. The third kappa shape index (κ3) is 5.90. The van der Waals surface area contributed by atoms with Gasteiger partial charge in [0.25, 0.3) is 0 Å². The van der Waals surface area contributed by atoms with Crippen LogP contribution in [0.2, 0.25) is 0 Å². The topological polar surface area (TPSA) is 60.8 Å². The van der Waals surface area contributed by atoms with Gasteiger partial charge in [-0.2, -0.15) is 13.2 Å². The van der Waals surface area contributed by atoms with Crippen molar-refractivity contribution in [1.82, 2.24) is 4.98 Å². The van der Waals surface area contributed by atoms with Gasteiger partial charge < -0.3 is 9.57 Å². The van der Waals surface area contributed by atoms with Gasteiger partial charge in [-0.05, 0) is 54.4 Å². The average Bonchev–Trinajstić information content (AvgIpc) is 3.27. The second kappa shape index (κ2) is 9.53. The Bertz CT molecular complexity index is 999. The number of oxime groups is 1. The first kappa shape index (κ1) is 21.5. The van der Waals surface area contributed by atoms with E-state index in [2.05, 4.69) is 10.1 Å². The molecule has 0 aliphatic rings. The van der Waals surface area contributed by atoms with Gasteiger partial charge in [-0.15, -0.1) is 11.3 Å². The van der Waals surface area contributed by atoms with Gasteiger partial charge in [0.1, 0.15) is 12.4 Å². The predicted octanol–water partition coefficient (Wildman–Crippen LogP) is 5.36. The number of nitrogens with zero attached hydrogens (tertiary/aromatic N) is 2. The Morgan fingerprint density at radius 3 is 2.40 bits per heavy atom. The average molecular weight is 434 g/mol. The number of benzene rings is 2. The van der Waals surface area contributed by atoms with E-state index in [-0.39, 0.29) is 19.0 Å². The van der Waals surface area contributed by atoms with Gasteiger partial charge in [-0.1, -0.05) is 17.3 Å². The number of hydrogen-bond donors (Lipinski definition) is 0. The number of thiazole rings is 1. The van der Waals surface area contributed by atoms with Crippen molar-refractivity contribution >= 4 is 22.8 Å². The Balaban J connectivity index is 1.50. The third-order valence-corrected chi connectivity index (χ3v) is 4.84. The van der Waals surface area contributed by atoms with E-state index < -0.39 is 11.7 Å². The van der Waals surface area contributed by atoms with E-state index in [0.717, 1.165) is 17.7 Å². The molecular weight excluding hydrogens is 417 g/mol. The molecule has 0 aliphatic carbocycles. The lowest BCUT2D eigenvalue weighted by atomic mass is 10.1. The van der Waals surface area contributed by atoms with Crippen molar-refractivity contribution < 1.29 is 27.5 Å². The van der Waals surface area contributed by atoms with Crippen molar-refractivity contribution in [2.45, 2.75) is 19.7 Å². The Morgan fingerprint density at radius 2 is 1.80 bits per heavy atom. The van der Waals surface area contributed by atoms with E-state index in [1.807, 2.05) is 0 Å². The summed E-state index contributed by atoms with van der Waals surface area (Å²) < 4.78 is 43.2. The largest absolute Gasteiger partial charge is 0.485 e. The summed E-state index contributed by atoms with van der Waals surface area (Å²) in [5, 5.41) is 6.12. The molecule has 0 N–H and O–H groups in total. The molecule has 3 rings (SSSR count). The molecular formula is C21H17F3N2O3S. The van der Waals surface area contributed by atoms with E-state index >= 15 is 0 Å². The summed E-state index contributed by atoms with van der Waals surface area (Å²) >= 11 is 1.26. The molecule has 156 valence electrons. The molecule has 9 heteroatoms. The molecule has 0 radical (unpaired) electrons. The number of carbonyl (C=O) groups is 1. The molecule has 30 heavy (non-hydrogen) atoms. The number of halogens is 3. The SMILES string of the molecule is CC(=NOCc1ccc(C(F)(F)F)cc1)c1ccc(OCC(=O)c2nccs2)cc1. The highest BCUT2D eigenvalue weighted by Gasteiger charge is 2.29. The fourth-order valence-electron chi connectivity index (χ4n) is 2.41. The number of aromatic nitrogens is 1. The van der Waals surface area contributed by atoms with E-state index in [9.17, 15) is 18.0 Å². The van der Waals surface area contributed by atoms with Gasteiger partial charge in [0.15, 0.2) is 11.6 Å².